The Bertz CT molecular complexity index is 1260. The van der Waals surface area contributed by atoms with Crippen molar-refractivity contribution in [3.8, 4) is 5.75 Å². The predicted molar refractivity (Wildman–Crippen MR) is 144 cm³/mol. The molecule has 13 nitrogen and oxygen atoms in total. The van der Waals surface area contributed by atoms with Crippen molar-refractivity contribution in [3.05, 3.63) is 50.4 Å². The van der Waals surface area contributed by atoms with E-state index in [0.717, 1.165) is 29.9 Å². The minimum absolute atomic E-state index is 0.108. The van der Waals surface area contributed by atoms with Crippen LogP contribution in [0.1, 0.15) is 12.0 Å². The van der Waals surface area contributed by atoms with E-state index in [1.54, 1.807) is 5.38 Å². The van der Waals surface area contributed by atoms with Crippen molar-refractivity contribution in [2.75, 3.05) is 44.8 Å². The average molecular weight is 579 g/mol. The number of carbonyl (C=O) groups excluding carboxylic acids is 3. The summed E-state index contributed by atoms with van der Waals surface area (Å²) in [6.07, 6.45) is 3.08. The lowest BCUT2D eigenvalue weighted by atomic mass is 10.1. The highest BCUT2D eigenvalue weighted by atomic mass is 32.2. The largest absolute Gasteiger partial charge is 0.483 e. The van der Waals surface area contributed by atoms with Gasteiger partial charge in [-0.25, -0.2) is 4.98 Å². The maximum absolute atomic E-state index is 13.0. The zero-order valence-corrected chi connectivity index (χ0v) is 22.2. The van der Waals surface area contributed by atoms with Crippen LogP contribution in [0.5, 0.6) is 5.75 Å². The summed E-state index contributed by atoms with van der Waals surface area (Å²) in [6.45, 7) is 2.82. The number of hydrazine groups is 1. The number of rotatable bonds is 10. The molecule has 2 saturated heterocycles. The Morgan fingerprint density at radius 3 is 2.79 bits per heavy atom. The summed E-state index contributed by atoms with van der Waals surface area (Å²) in [4.78, 5) is 54.5. The smallest absolute Gasteiger partial charge is 0.285 e. The van der Waals surface area contributed by atoms with Gasteiger partial charge in [0.2, 0.25) is 5.91 Å². The van der Waals surface area contributed by atoms with Gasteiger partial charge in [0.05, 0.1) is 23.0 Å². The summed E-state index contributed by atoms with van der Waals surface area (Å²) in [6, 6.07) is 3.79. The van der Waals surface area contributed by atoms with E-state index in [2.05, 4.69) is 20.6 Å². The molecule has 200 valence electrons. The number of carbonyl (C=O) groups is 3. The third-order valence-electron chi connectivity index (χ3n) is 5.32. The summed E-state index contributed by atoms with van der Waals surface area (Å²) in [5.41, 5.74) is 2.49. The number of hydrogen-bond acceptors (Lipinski definition) is 12. The van der Waals surface area contributed by atoms with E-state index in [9.17, 15) is 24.5 Å². The number of hydrogen-bond donors (Lipinski definition) is 2. The number of ether oxygens (including phenoxy) is 2. The van der Waals surface area contributed by atoms with E-state index >= 15 is 0 Å². The summed E-state index contributed by atoms with van der Waals surface area (Å²) >= 11 is 7.44. The van der Waals surface area contributed by atoms with Gasteiger partial charge in [0.25, 0.3) is 17.5 Å². The quantitative estimate of drug-likeness (QED) is 0.184. The lowest BCUT2D eigenvalue weighted by Gasteiger charge is -2.26. The van der Waals surface area contributed by atoms with Crippen molar-refractivity contribution in [1.29, 1.82) is 0 Å². The number of benzene rings is 1. The molecule has 2 aliphatic rings. The molecular weight excluding hydrogens is 556 g/mol. The van der Waals surface area contributed by atoms with Gasteiger partial charge in [-0.3, -0.25) is 40.1 Å². The number of morpholine rings is 1. The molecular formula is C22H22N6O7S3. The predicted octanol–water partition coefficient (Wildman–Crippen LogP) is 2.02. The van der Waals surface area contributed by atoms with Crippen molar-refractivity contribution in [2.45, 2.75) is 6.42 Å². The number of nitro groups is 1. The first-order chi connectivity index (χ1) is 18.3. The molecule has 3 amide bonds. The van der Waals surface area contributed by atoms with Gasteiger partial charge < -0.3 is 9.47 Å². The van der Waals surface area contributed by atoms with Crippen molar-refractivity contribution in [3.63, 3.8) is 0 Å². The number of amides is 3. The summed E-state index contributed by atoms with van der Waals surface area (Å²) < 4.78 is 11.0. The Kier molecular flexibility index (Phi) is 9.35. The molecule has 0 unspecified atom stereocenters. The molecule has 16 heteroatoms. The van der Waals surface area contributed by atoms with Crippen LogP contribution in [0, 0.1) is 10.1 Å². The minimum atomic E-state index is -0.587. The van der Waals surface area contributed by atoms with Gasteiger partial charge in [0, 0.05) is 55.3 Å². The van der Waals surface area contributed by atoms with Gasteiger partial charge in [0.1, 0.15) is 5.75 Å². The molecule has 0 spiro atoms. The highest BCUT2D eigenvalue weighted by Gasteiger charge is 2.34. The van der Waals surface area contributed by atoms with Crippen LogP contribution < -0.4 is 15.5 Å². The molecule has 0 saturated carbocycles. The highest BCUT2D eigenvalue weighted by Crippen LogP contribution is 2.34. The van der Waals surface area contributed by atoms with Crippen LogP contribution in [-0.2, 0) is 19.1 Å². The van der Waals surface area contributed by atoms with Crippen molar-refractivity contribution >= 4 is 74.3 Å². The Hall–Kier alpha value is -3.44. The van der Waals surface area contributed by atoms with E-state index < -0.39 is 23.3 Å². The molecule has 1 aromatic carbocycles. The maximum atomic E-state index is 13.0. The van der Waals surface area contributed by atoms with Crippen molar-refractivity contribution in [2.24, 2.45) is 0 Å². The molecule has 0 aliphatic carbocycles. The third-order valence-corrected chi connectivity index (χ3v) is 7.31. The van der Waals surface area contributed by atoms with Crippen LogP contribution in [0.4, 0.5) is 10.8 Å². The van der Waals surface area contributed by atoms with Gasteiger partial charge in [-0.2, -0.15) is 5.01 Å². The number of nitrogens with zero attached hydrogens (tertiary/aromatic N) is 4. The second kappa shape index (κ2) is 12.9. The van der Waals surface area contributed by atoms with Crippen LogP contribution in [0.25, 0.3) is 6.08 Å². The molecule has 2 aromatic rings. The molecule has 2 aliphatic heterocycles. The standard InChI is InChI=1S/C22H22N6O7S3/c29-18(3-5-26-6-8-34-9-7-26)25-27-20(31)17(38-22(27)36)12-14-11-15(28(32)33)1-2-16(14)35-13-19(30)24-21-23-4-10-37-21/h1-2,4,10-12H,3,5-9,13H2,(H,25,29)(H,23,24,30)/b17-12-. The SMILES string of the molecule is O=C(COc1ccc([N+](=O)[O-])cc1/C=C1\SC(=S)N(NC(=O)CCN2CCOCC2)C1=O)Nc1nccs1. The molecule has 3 heterocycles. The molecule has 2 fully saturated rings. The number of nitrogens with one attached hydrogen (secondary N) is 2. The topological polar surface area (TPSA) is 156 Å². The maximum Gasteiger partial charge on any atom is 0.285 e. The first-order valence-electron chi connectivity index (χ1n) is 11.3. The van der Waals surface area contributed by atoms with Crippen LogP contribution in [-0.4, -0.2) is 81.3 Å². The Morgan fingerprint density at radius 1 is 1.29 bits per heavy atom. The molecule has 2 N–H and O–H groups in total. The molecule has 0 atom stereocenters. The fourth-order valence-corrected chi connectivity index (χ4v) is 5.16. The summed E-state index contributed by atoms with van der Waals surface area (Å²) in [5, 5.41) is 17.0. The highest BCUT2D eigenvalue weighted by molar-refractivity contribution is 8.26. The Morgan fingerprint density at radius 2 is 2.08 bits per heavy atom. The molecule has 0 bridgehead atoms. The Balaban J connectivity index is 1.43. The van der Waals surface area contributed by atoms with E-state index in [4.69, 9.17) is 21.7 Å². The van der Waals surface area contributed by atoms with Crippen molar-refractivity contribution < 1.29 is 28.8 Å². The van der Waals surface area contributed by atoms with Crippen LogP contribution in [0.3, 0.4) is 0 Å². The molecule has 1 aromatic heterocycles. The average Bonchev–Trinajstić information content (AvgIpc) is 3.50. The number of thioether (sulfide) groups is 1. The normalized spacial score (nSPS) is 17.1. The lowest BCUT2D eigenvalue weighted by Crippen LogP contribution is -2.46. The summed E-state index contributed by atoms with van der Waals surface area (Å²) in [5.74, 6) is -1.29. The summed E-state index contributed by atoms with van der Waals surface area (Å²) in [7, 11) is 0. The van der Waals surface area contributed by atoms with Gasteiger partial charge >= 0.3 is 0 Å². The van der Waals surface area contributed by atoms with Crippen LogP contribution in [0.2, 0.25) is 0 Å². The van der Waals surface area contributed by atoms with Crippen LogP contribution >= 0.6 is 35.3 Å². The second-order valence-electron chi connectivity index (χ2n) is 7.91. The van der Waals surface area contributed by atoms with Crippen molar-refractivity contribution in [1.82, 2.24) is 20.3 Å². The minimum Gasteiger partial charge on any atom is -0.483 e. The number of non-ortho nitro benzene ring substituents is 1. The Labute approximate surface area is 230 Å². The van der Waals surface area contributed by atoms with Gasteiger partial charge in [-0.15, -0.1) is 11.3 Å². The van der Waals surface area contributed by atoms with E-state index in [1.807, 2.05) is 0 Å². The fourth-order valence-electron chi connectivity index (χ4n) is 3.45. The van der Waals surface area contributed by atoms with Gasteiger partial charge in [0.15, 0.2) is 16.1 Å². The number of thiocarbonyl (C=S) groups is 1. The fraction of sp³-hybridized carbons (Fsp3) is 0.318. The number of aromatic nitrogens is 1. The molecule has 0 radical (unpaired) electrons. The van der Waals surface area contributed by atoms with Crippen LogP contribution in [0.15, 0.2) is 34.7 Å². The van der Waals surface area contributed by atoms with E-state index in [0.29, 0.717) is 24.9 Å². The number of anilines is 1. The van der Waals surface area contributed by atoms with Gasteiger partial charge in [-0.1, -0.05) is 11.8 Å². The zero-order chi connectivity index (χ0) is 27.1. The first-order valence-corrected chi connectivity index (χ1v) is 13.4. The molecule has 38 heavy (non-hydrogen) atoms. The second-order valence-corrected chi connectivity index (χ2v) is 10.5. The first kappa shape index (κ1) is 27.6. The number of nitro benzene ring substituents is 1. The monoisotopic (exact) mass is 578 g/mol. The van der Waals surface area contributed by atoms with E-state index in [-0.39, 0.29) is 38.6 Å². The lowest BCUT2D eigenvalue weighted by molar-refractivity contribution is -0.384. The molecule has 4 rings (SSSR count). The van der Waals surface area contributed by atoms with Gasteiger partial charge in [-0.05, 0) is 24.4 Å². The zero-order valence-electron chi connectivity index (χ0n) is 19.8. The van der Waals surface area contributed by atoms with E-state index in [1.165, 1.54) is 41.8 Å². The number of thiazole rings is 1. The third kappa shape index (κ3) is 7.32.